The predicted molar refractivity (Wildman–Crippen MR) is 116 cm³/mol. The third-order valence-electron chi connectivity index (χ3n) is 4.98. The van der Waals surface area contributed by atoms with Crippen LogP contribution in [0.2, 0.25) is 0 Å². The number of benzene rings is 4. The molecule has 4 nitrogen and oxygen atoms in total. The average Bonchev–Trinajstić information content (AvgIpc) is 3.13. The van der Waals surface area contributed by atoms with Gasteiger partial charge in [0, 0.05) is 5.56 Å². The van der Waals surface area contributed by atoms with Gasteiger partial charge in [-0.05, 0) is 41.1 Å². The zero-order valence-corrected chi connectivity index (χ0v) is 16.5. The maximum Gasteiger partial charge on any atom is 0.262 e. The number of anilines is 1. The summed E-state index contributed by atoms with van der Waals surface area (Å²) in [6, 6.07) is 25.5. The number of hydrogen-bond donors (Lipinski definition) is 1. The summed E-state index contributed by atoms with van der Waals surface area (Å²) in [6.07, 6.45) is 0. The SMILES string of the molecule is O=S(=O)(Nc1c(-c2ccccc2)oc2ccc3ccccc3c12)c1ccc(F)cc1. The Kier molecular flexibility index (Phi) is 4.29. The van der Waals surface area contributed by atoms with Crippen LogP contribution in [0, 0.1) is 5.82 Å². The third-order valence-corrected chi connectivity index (χ3v) is 6.34. The second kappa shape index (κ2) is 7.00. The van der Waals surface area contributed by atoms with Crippen LogP contribution in [-0.4, -0.2) is 8.42 Å². The number of nitrogens with one attached hydrogen (secondary N) is 1. The molecule has 0 amide bonds. The molecule has 0 fully saturated rings. The second-order valence-electron chi connectivity index (χ2n) is 6.89. The Hall–Kier alpha value is -3.64. The van der Waals surface area contributed by atoms with Crippen molar-refractivity contribution >= 4 is 37.5 Å². The molecule has 1 heterocycles. The van der Waals surface area contributed by atoms with E-state index < -0.39 is 15.8 Å². The van der Waals surface area contributed by atoms with Crippen LogP contribution >= 0.6 is 0 Å². The molecule has 4 aromatic carbocycles. The number of furan rings is 1. The molecule has 0 radical (unpaired) electrons. The molecular formula is C24H16FNO3S. The standard InChI is InChI=1S/C24H16FNO3S/c25-18-11-13-19(14-12-18)30(27,28)26-23-22-20-9-5-4-6-16(20)10-15-21(22)29-24(23)17-7-2-1-3-8-17/h1-15,26H. The van der Waals surface area contributed by atoms with Crippen LogP contribution in [0.1, 0.15) is 0 Å². The number of rotatable bonds is 4. The Morgan fingerprint density at radius 2 is 1.47 bits per heavy atom. The fourth-order valence-electron chi connectivity index (χ4n) is 3.57. The van der Waals surface area contributed by atoms with Crippen LogP contribution in [0.3, 0.4) is 0 Å². The lowest BCUT2D eigenvalue weighted by molar-refractivity contribution is 0.599. The van der Waals surface area contributed by atoms with E-state index in [0.29, 0.717) is 22.4 Å². The number of sulfonamides is 1. The maximum atomic E-state index is 13.3. The summed E-state index contributed by atoms with van der Waals surface area (Å²) in [7, 11) is -3.97. The summed E-state index contributed by atoms with van der Waals surface area (Å²) in [5.41, 5.74) is 1.68. The van der Waals surface area contributed by atoms with Crippen molar-refractivity contribution in [1.82, 2.24) is 0 Å². The molecule has 0 aliphatic rings. The van der Waals surface area contributed by atoms with Crippen molar-refractivity contribution in [2.75, 3.05) is 4.72 Å². The van der Waals surface area contributed by atoms with Crippen LogP contribution < -0.4 is 4.72 Å². The van der Waals surface area contributed by atoms with E-state index >= 15 is 0 Å². The summed E-state index contributed by atoms with van der Waals surface area (Å²) >= 11 is 0. The van der Waals surface area contributed by atoms with Crippen molar-refractivity contribution in [2.45, 2.75) is 4.90 Å². The first-order chi connectivity index (χ1) is 14.5. The van der Waals surface area contributed by atoms with Gasteiger partial charge < -0.3 is 4.42 Å². The number of halogens is 1. The van der Waals surface area contributed by atoms with Gasteiger partial charge in [-0.25, -0.2) is 12.8 Å². The van der Waals surface area contributed by atoms with Crippen LogP contribution in [0.25, 0.3) is 33.1 Å². The van der Waals surface area contributed by atoms with Crippen molar-refractivity contribution in [1.29, 1.82) is 0 Å². The molecule has 0 saturated carbocycles. The summed E-state index contributed by atoms with van der Waals surface area (Å²) in [5.74, 6) is -0.0775. The summed E-state index contributed by atoms with van der Waals surface area (Å²) in [6.45, 7) is 0. The molecule has 6 heteroatoms. The van der Waals surface area contributed by atoms with Gasteiger partial charge in [0.1, 0.15) is 17.1 Å². The third kappa shape index (κ3) is 3.11. The highest BCUT2D eigenvalue weighted by Gasteiger charge is 2.23. The van der Waals surface area contributed by atoms with E-state index in [4.69, 9.17) is 4.42 Å². The second-order valence-corrected chi connectivity index (χ2v) is 8.57. The van der Waals surface area contributed by atoms with Gasteiger partial charge >= 0.3 is 0 Å². The zero-order chi connectivity index (χ0) is 20.7. The quantitative estimate of drug-likeness (QED) is 0.379. The van der Waals surface area contributed by atoms with Gasteiger partial charge in [0.2, 0.25) is 0 Å². The molecule has 0 unspecified atom stereocenters. The summed E-state index contributed by atoms with van der Waals surface area (Å²) in [4.78, 5) is -0.0301. The zero-order valence-electron chi connectivity index (χ0n) is 15.7. The van der Waals surface area contributed by atoms with E-state index in [1.807, 2.05) is 66.7 Å². The van der Waals surface area contributed by atoms with Crippen molar-refractivity contribution in [3.8, 4) is 11.3 Å². The minimum absolute atomic E-state index is 0.0301. The van der Waals surface area contributed by atoms with Crippen LogP contribution in [0.4, 0.5) is 10.1 Å². The monoisotopic (exact) mass is 417 g/mol. The molecule has 5 aromatic rings. The topological polar surface area (TPSA) is 59.3 Å². The summed E-state index contributed by atoms with van der Waals surface area (Å²) in [5, 5.41) is 2.52. The summed E-state index contributed by atoms with van der Waals surface area (Å²) < 4.78 is 48.3. The van der Waals surface area contributed by atoms with Gasteiger partial charge in [-0.3, -0.25) is 4.72 Å². The predicted octanol–water partition coefficient (Wildman–Crippen LogP) is 6.19. The molecule has 0 bridgehead atoms. The fourth-order valence-corrected chi connectivity index (χ4v) is 4.64. The highest BCUT2D eigenvalue weighted by Crippen LogP contribution is 2.42. The molecule has 148 valence electrons. The molecule has 0 atom stereocenters. The molecule has 1 N–H and O–H groups in total. The van der Waals surface area contributed by atoms with Crippen LogP contribution in [0.15, 0.2) is 100 Å². The minimum atomic E-state index is -3.97. The Bertz CT molecular complexity index is 1470. The lowest BCUT2D eigenvalue weighted by atomic mass is 10.0. The fraction of sp³-hybridized carbons (Fsp3) is 0. The average molecular weight is 417 g/mol. The van der Waals surface area contributed by atoms with Crippen molar-refractivity contribution in [3.63, 3.8) is 0 Å². The molecule has 0 aliphatic carbocycles. The Balaban J connectivity index is 1.78. The van der Waals surface area contributed by atoms with E-state index in [1.165, 1.54) is 12.1 Å². The lowest BCUT2D eigenvalue weighted by Crippen LogP contribution is -2.13. The van der Waals surface area contributed by atoms with Crippen LogP contribution in [-0.2, 0) is 10.0 Å². The van der Waals surface area contributed by atoms with E-state index in [-0.39, 0.29) is 4.90 Å². The molecular weight excluding hydrogens is 401 g/mol. The largest absolute Gasteiger partial charge is 0.454 e. The van der Waals surface area contributed by atoms with Crippen molar-refractivity contribution in [2.24, 2.45) is 0 Å². The first-order valence-electron chi connectivity index (χ1n) is 9.31. The van der Waals surface area contributed by atoms with E-state index in [0.717, 1.165) is 28.5 Å². The van der Waals surface area contributed by atoms with Gasteiger partial charge in [0.15, 0.2) is 5.76 Å². The molecule has 5 rings (SSSR count). The van der Waals surface area contributed by atoms with E-state index in [9.17, 15) is 12.8 Å². The first kappa shape index (κ1) is 18.4. The van der Waals surface area contributed by atoms with Gasteiger partial charge in [0.25, 0.3) is 10.0 Å². The van der Waals surface area contributed by atoms with Crippen molar-refractivity contribution in [3.05, 3.63) is 96.8 Å². The molecule has 0 saturated heterocycles. The Morgan fingerprint density at radius 1 is 0.767 bits per heavy atom. The molecule has 30 heavy (non-hydrogen) atoms. The first-order valence-corrected chi connectivity index (χ1v) is 10.8. The molecule has 0 aliphatic heterocycles. The Morgan fingerprint density at radius 3 is 2.23 bits per heavy atom. The normalized spacial score (nSPS) is 11.8. The number of hydrogen-bond acceptors (Lipinski definition) is 3. The maximum absolute atomic E-state index is 13.3. The smallest absolute Gasteiger partial charge is 0.262 e. The lowest BCUT2D eigenvalue weighted by Gasteiger charge is -2.10. The number of fused-ring (bicyclic) bond motifs is 3. The van der Waals surface area contributed by atoms with Crippen molar-refractivity contribution < 1.29 is 17.2 Å². The van der Waals surface area contributed by atoms with E-state index in [1.54, 1.807) is 0 Å². The van der Waals surface area contributed by atoms with E-state index in [2.05, 4.69) is 4.72 Å². The highest BCUT2D eigenvalue weighted by atomic mass is 32.2. The van der Waals surface area contributed by atoms with Gasteiger partial charge in [-0.15, -0.1) is 0 Å². The highest BCUT2D eigenvalue weighted by molar-refractivity contribution is 7.92. The van der Waals surface area contributed by atoms with Gasteiger partial charge in [-0.2, -0.15) is 0 Å². The Labute approximate surface area is 172 Å². The minimum Gasteiger partial charge on any atom is -0.454 e. The van der Waals surface area contributed by atoms with Gasteiger partial charge in [-0.1, -0.05) is 60.7 Å². The van der Waals surface area contributed by atoms with Gasteiger partial charge in [0.05, 0.1) is 10.3 Å². The van der Waals surface area contributed by atoms with Crippen LogP contribution in [0.5, 0.6) is 0 Å². The molecule has 1 aromatic heterocycles. The molecule has 0 spiro atoms.